The molecule has 1 amide bonds. The van der Waals surface area contributed by atoms with Gasteiger partial charge in [0.1, 0.15) is 11.5 Å². The maximum Gasteiger partial charge on any atom is 0.226 e. The van der Waals surface area contributed by atoms with E-state index in [4.69, 9.17) is 15.2 Å². The number of ether oxygens (including phenoxy) is 2. The summed E-state index contributed by atoms with van der Waals surface area (Å²) in [6.45, 7) is 0.257. The molecular formula is C18H22BrIN4O3. The summed E-state index contributed by atoms with van der Waals surface area (Å²) >= 11 is 3.35. The number of halogens is 2. The SMILES string of the molecule is COc1ccc(OC)c(NC(N)=NCCC(=O)Nc2ccc(Br)cc2)c1.I. The molecule has 2 aromatic rings. The van der Waals surface area contributed by atoms with Gasteiger partial charge in [-0.1, -0.05) is 15.9 Å². The highest BCUT2D eigenvalue weighted by Gasteiger charge is 2.07. The smallest absolute Gasteiger partial charge is 0.226 e. The second-order valence-corrected chi connectivity index (χ2v) is 6.18. The first kappa shape index (κ1) is 23.0. The number of aliphatic imine (C=N–C) groups is 1. The third kappa shape index (κ3) is 7.63. The van der Waals surface area contributed by atoms with Crippen molar-refractivity contribution in [1.29, 1.82) is 0 Å². The lowest BCUT2D eigenvalue weighted by atomic mass is 10.2. The lowest BCUT2D eigenvalue weighted by Gasteiger charge is -2.12. The van der Waals surface area contributed by atoms with Gasteiger partial charge in [0.25, 0.3) is 0 Å². The number of hydrogen-bond acceptors (Lipinski definition) is 4. The van der Waals surface area contributed by atoms with Gasteiger partial charge in [0.05, 0.1) is 26.5 Å². The Balaban J connectivity index is 0.00000364. The maximum absolute atomic E-state index is 11.9. The average molecular weight is 549 g/mol. The minimum Gasteiger partial charge on any atom is -0.497 e. The monoisotopic (exact) mass is 548 g/mol. The van der Waals surface area contributed by atoms with E-state index in [-0.39, 0.29) is 48.8 Å². The molecule has 146 valence electrons. The standard InChI is InChI=1S/C18H21BrN4O3.HI/c1-25-14-7-8-16(26-2)15(11-14)23-18(20)21-10-9-17(24)22-13-5-3-12(19)4-6-13;/h3-8,11H,9-10H2,1-2H3,(H,22,24)(H3,20,21,23);1H. The van der Waals surface area contributed by atoms with E-state index in [2.05, 4.69) is 31.6 Å². The first-order valence-electron chi connectivity index (χ1n) is 7.86. The van der Waals surface area contributed by atoms with Crippen LogP contribution in [0.1, 0.15) is 6.42 Å². The fourth-order valence-corrected chi connectivity index (χ4v) is 2.39. The second kappa shape index (κ2) is 11.7. The van der Waals surface area contributed by atoms with Gasteiger partial charge in [0, 0.05) is 22.6 Å². The highest BCUT2D eigenvalue weighted by atomic mass is 127. The van der Waals surface area contributed by atoms with Crippen molar-refractivity contribution in [2.75, 3.05) is 31.4 Å². The van der Waals surface area contributed by atoms with Crippen molar-refractivity contribution in [3.05, 3.63) is 46.9 Å². The summed E-state index contributed by atoms with van der Waals surface area (Å²) in [4.78, 5) is 16.1. The van der Waals surface area contributed by atoms with Crippen LogP contribution in [0.2, 0.25) is 0 Å². The lowest BCUT2D eigenvalue weighted by Crippen LogP contribution is -2.24. The van der Waals surface area contributed by atoms with E-state index in [1.165, 1.54) is 0 Å². The summed E-state index contributed by atoms with van der Waals surface area (Å²) in [7, 11) is 3.14. The van der Waals surface area contributed by atoms with Gasteiger partial charge in [-0.25, -0.2) is 0 Å². The van der Waals surface area contributed by atoms with E-state index in [0.29, 0.717) is 17.2 Å². The molecule has 0 heterocycles. The first-order chi connectivity index (χ1) is 12.5. The third-order valence-electron chi connectivity index (χ3n) is 3.42. The predicted octanol–water partition coefficient (Wildman–Crippen LogP) is 3.84. The van der Waals surface area contributed by atoms with Crippen LogP contribution in [-0.4, -0.2) is 32.6 Å². The molecule has 0 saturated heterocycles. The molecule has 0 aliphatic carbocycles. The zero-order valence-corrected chi connectivity index (χ0v) is 18.9. The Hall–Kier alpha value is -2.01. The first-order valence-corrected chi connectivity index (χ1v) is 8.65. The number of anilines is 2. The summed E-state index contributed by atoms with van der Waals surface area (Å²) in [5.74, 6) is 1.32. The van der Waals surface area contributed by atoms with Crippen LogP contribution < -0.4 is 25.8 Å². The molecule has 0 spiro atoms. The number of nitrogens with two attached hydrogens (primary N) is 1. The molecule has 0 aromatic heterocycles. The molecule has 0 aliphatic rings. The van der Waals surface area contributed by atoms with Gasteiger partial charge in [-0.2, -0.15) is 0 Å². The molecular weight excluding hydrogens is 527 g/mol. The third-order valence-corrected chi connectivity index (χ3v) is 3.95. The van der Waals surface area contributed by atoms with Crippen LogP contribution in [0.25, 0.3) is 0 Å². The molecule has 27 heavy (non-hydrogen) atoms. The van der Waals surface area contributed by atoms with Gasteiger partial charge in [-0.05, 0) is 36.4 Å². The number of amides is 1. The van der Waals surface area contributed by atoms with Crippen LogP contribution in [0.3, 0.4) is 0 Å². The van der Waals surface area contributed by atoms with Crippen molar-refractivity contribution in [3.63, 3.8) is 0 Å². The normalized spacial score (nSPS) is 10.6. The second-order valence-electron chi connectivity index (χ2n) is 5.26. The minimum atomic E-state index is -0.136. The van der Waals surface area contributed by atoms with Crippen LogP contribution in [0.15, 0.2) is 51.9 Å². The number of methoxy groups -OCH3 is 2. The molecule has 0 unspecified atom stereocenters. The number of carbonyl (C=O) groups excluding carboxylic acids is 1. The van der Waals surface area contributed by atoms with Gasteiger partial charge < -0.3 is 25.8 Å². The molecule has 0 aliphatic heterocycles. The summed E-state index contributed by atoms with van der Waals surface area (Å²) in [5, 5.41) is 5.75. The largest absolute Gasteiger partial charge is 0.497 e. The molecule has 0 atom stereocenters. The number of hydrogen-bond donors (Lipinski definition) is 3. The summed E-state index contributed by atoms with van der Waals surface area (Å²) in [5.41, 5.74) is 7.24. The van der Waals surface area contributed by atoms with Gasteiger partial charge in [0.15, 0.2) is 5.96 Å². The summed E-state index contributed by atoms with van der Waals surface area (Å²) < 4.78 is 11.4. The quantitative estimate of drug-likeness (QED) is 0.277. The number of nitrogens with zero attached hydrogens (tertiary/aromatic N) is 1. The highest BCUT2D eigenvalue weighted by Crippen LogP contribution is 2.28. The molecule has 7 nitrogen and oxygen atoms in total. The molecule has 4 N–H and O–H groups in total. The lowest BCUT2D eigenvalue weighted by molar-refractivity contribution is -0.116. The molecule has 0 fully saturated rings. The zero-order valence-electron chi connectivity index (χ0n) is 15.0. The van der Waals surface area contributed by atoms with Gasteiger partial charge in [0.2, 0.25) is 5.91 Å². The zero-order chi connectivity index (χ0) is 18.9. The van der Waals surface area contributed by atoms with E-state index in [1.807, 2.05) is 24.3 Å². The fraction of sp³-hybridized carbons (Fsp3) is 0.222. The Morgan fingerprint density at radius 3 is 2.44 bits per heavy atom. The van der Waals surface area contributed by atoms with Crippen LogP contribution in [0.4, 0.5) is 11.4 Å². The van der Waals surface area contributed by atoms with Crippen LogP contribution in [0.5, 0.6) is 11.5 Å². The number of rotatable bonds is 7. The van der Waals surface area contributed by atoms with Crippen LogP contribution in [0, 0.1) is 0 Å². The van der Waals surface area contributed by atoms with E-state index >= 15 is 0 Å². The Bertz CT molecular complexity index is 785. The Labute approximate surface area is 183 Å². The Morgan fingerprint density at radius 2 is 1.81 bits per heavy atom. The van der Waals surface area contributed by atoms with Crippen LogP contribution >= 0.6 is 39.9 Å². The number of nitrogens with one attached hydrogen (secondary N) is 2. The van der Waals surface area contributed by atoms with E-state index in [0.717, 1.165) is 10.2 Å². The van der Waals surface area contributed by atoms with Gasteiger partial charge >= 0.3 is 0 Å². The van der Waals surface area contributed by atoms with Crippen molar-refractivity contribution >= 4 is 63.1 Å². The molecule has 2 aromatic carbocycles. The van der Waals surface area contributed by atoms with E-state index < -0.39 is 0 Å². The van der Waals surface area contributed by atoms with Gasteiger partial charge in [-0.3, -0.25) is 9.79 Å². The molecule has 9 heteroatoms. The van der Waals surface area contributed by atoms with Crippen molar-refractivity contribution in [3.8, 4) is 11.5 Å². The van der Waals surface area contributed by atoms with E-state index in [9.17, 15) is 4.79 Å². The van der Waals surface area contributed by atoms with E-state index in [1.54, 1.807) is 32.4 Å². The Kier molecular flexibility index (Phi) is 9.94. The molecule has 0 bridgehead atoms. The number of guanidine groups is 1. The maximum atomic E-state index is 11.9. The van der Waals surface area contributed by atoms with Crippen molar-refractivity contribution in [2.45, 2.75) is 6.42 Å². The topological polar surface area (TPSA) is 98.0 Å². The van der Waals surface area contributed by atoms with Crippen molar-refractivity contribution in [2.24, 2.45) is 10.7 Å². The summed E-state index contributed by atoms with van der Waals surface area (Å²) in [6, 6.07) is 12.6. The average Bonchev–Trinajstić information content (AvgIpc) is 2.63. The fourth-order valence-electron chi connectivity index (χ4n) is 2.12. The van der Waals surface area contributed by atoms with Crippen molar-refractivity contribution < 1.29 is 14.3 Å². The minimum absolute atomic E-state index is 0. The molecule has 2 rings (SSSR count). The molecule has 0 radical (unpaired) electrons. The van der Waals surface area contributed by atoms with Crippen molar-refractivity contribution in [1.82, 2.24) is 0 Å². The summed E-state index contributed by atoms with van der Waals surface area (Å²) in [6.07, 6.45) is 0.216. The number of carbonyl (C=O) groups is 1. The number of benzene rings is 2. The van der Waals surface area contributed by atoms with Gasteiger partial charge in [-0.15, -0.1) is 24.0 Å². The predicted molar refractivity (Wildman–Crippen MR) is 122 cm³/mol. The van der Waals surface area contributed by atoms with Crippen LogP contribution in [-0.2, 0) is 4.79 Å². The molecule has 0 saturated carbocycles. The highest BCUT2D eigenvalue weighted by molar-refractivity contribution is 14.0. The Morgan fingerprint density at radius 1 is 1.11 bits per heavy atom.